The van der Waals surface area contributed by atoms with E-state index in [1.165, 1.54) is 10.9 Å². The number of imidazole rings is 1. The van der Waals surface area contributed by atoms with Crippen LogP contribution in [-0.4, -0.2) is 60.6 Å². The molecule has 1 aliphatic rings. The lowest BCUT2D eigenvalue weighted by atomic mass is 10.1. The lowest BCUT2D eigenvalue weighted by Gasteiger charge is -2.15. The molecule has 0 aliphatic carbocycles. The third-order valence-corrected chi connectivity index (χ3v) is 4.58. The zero-order valence-electron chi connectivity index (χ0n) is 14.2. The number of amides is 1. The molecule has 2 aromatic heterocycles. The van der Waals surface area contributed by atoms with E-state index in [0.717, 1.165) is 0 Å². The zero-order valence-corrected chi connectivity index (χ0v) is 15.0. The molecule has 1 saturated heterocycles. The Morgan fingerprint density at radius 1 is 1.32 bits per heavy atom. The Bertz CT molecular complexity index is 1020. The molecule has 1 amide bonds. The second-order valence-corrected chi connectivity index (χ2v) is 6.51. The van der Waals surface area contributed by atoms with Gasteiger partial charge in [-0.3, -0.25) is 9.36 Å². The molecule has 1 fully saturated rings. The fourth-order valence-corrected chi connectivity index (χ4v) is 3.18. The van der Waals surface area contributed by atoms with Crippen LogP contribution in [0.15, 0.2) is 36.7 Å². The number of aromatic nitrogens is 4. The predicted molar refractivity (Wildman–Crippen MR) is 96.6 cm³/mol. The standard InChI is InChI=1S/C17H15ClFN5O4/c18-17-22-13(21-15(27)8-4-2-1-3-5-8)11-14(23-17)24(7-20-11)16-10(19)12(26)9(6-25)28-16/h1-5,7,9-10,12,16,25-26H,6H2,(H,21,22,23,27)/t9-,10+,12-,16-/m1/s1. The molecule has 0 unspecified atom stereocenters. The highest BCUT2D eigenvalue weighted by Gasteiger charge is 2.45. The number of ether oxygens (including phenoxy) is 1. The van der Waals surface area contributed by atoms with E-state index in [-0.39, 0.29) is 22.3 Å². The molecule has 0 spiro atoms. The van der Waals surface area contributed by atoms with E-state index in [9.17, 15) is 19.4 Å². The number of hydrogen-bond donors (Lipinski definition) is 3. The van der Waals surface area contributed by atoms with Crippen molar-refractivity contribution in [3.8, 4) is 0 Å². The number of aliphatic hydroxyl groups is 2. The number of hydrogen-bond acceptors (Lipinski definition) is 7. The Hall–Kier alpha value is -2.66. The Labute approximate surface area is 162 Å². The maximum Gasteiger partial charge on any atom is 0.256 e. The fraction of sp³-hybridized carbons (Fsp3) is 0.294. The number of benzene rings is 1. The number of alkyl halides is 1. The molecule has 4 rings (SSSR count). The summed E-state index contributed by atoms with van der Waals surface area (Å²) in [5.74, 6) is -0.377. The molecule has 0 saturated carbocycles. The van der Waals surface area contributed by atoms with Crippen molar-refractivity contribution >= 4 is 34.5 Å². The number of carbonyl (C=O) groups is 1. The fourth-order valence-electron chi connectivity index (χ4n) is 3.01. The van der Waals surface area contributed by atoms with Crippen molar-refractivity contribution in [2.75, 3.05) is 11.9 Å². The quantitative estimate of drug-likeness (QED) is 0.557. The monoisotopic (exact) mass is 407 g/mol. The van der Waals surface area contributed by atoms with Crippen LogP contribution in [0.3, 0.4) is 0 Å². The first-order chi connectivity index (χ1) is 13.5. The number of aliphatic hydroxyl groups excluding tert-OH is 2. The number of fused-ring (bicyclic) bond motifs is 1. The second kappa shape index (κ2) is 7.40. The number of carbonyl (C=O) groups excluding carboxylic acids is 1. The normalized spacial score (nSPS) is 24.6. The maximum atomic E-state index is 14.5. The predicted octanol–water partition coefficient (Wildman–Crippen LogP) is 1.32. The van der Waals surface area contributed by atoms with Gasteiger partial charge in [0.05, 0.1) is 12.9 Å². The van der Waals surface area contributed by atoms with Gasteiger partial charge in [-0.1, -0.05) is 18.2 Å². The zero-order chi connectivity index (χ0) is 19.8. The van der Waals surface area contributed by atoms with Gasteiger partial charge in [-0.25, -0.2) is 9.37 Å². The number of rotatable bonds is 4. The van der Waals surface area contributed by atoms with Crippen molar-refractivity contribution in [3.63, 3.8) is 0 Å². The van der Waals surface area contributed by atoms with Crippen LogP contribution in [0.1, 0.15) is 16.6 Å². The van der Waals surface area contributed by atoms with Gasteiger partial charge in [0, 0.05) is 5.56 Å². The third kappa shape index (κ3) is 3.20. The molecule has 4 atom stereocenters. The summed E-state index contributed by atoms with van der Waals surface area (Å²) in [5.41, 5.74) is 0.690. The van der Waals surface area contributed by atoms with E-state index >= 15 is 0 Å². The van der Waals surface area contributed by atoms with Gasteiger partial charge in [0.2, 0.25) is 5.28 Å². The van der Waals surface area contributed by atoms with Gasteiger partial charge in [-0.2, -0.15) is 9.97 Å². The Morgan fingerprint density at radius 3 is 2.75 bits per heavy atom. The second-order valence-electron chi connectivity index (χ2n) is 6.17. The first-order valence-corrected chi connectivity index (χ1v) is 8.72. The molecule has 9 nitrogen and oxygen atoms in total. The van der Waals surface area contributed by atoms with Crippen molar-refractivity contribution < 1.29 is 24.1 Å². The average molecular weight is 408 g/mol. The molecule has 1 aliphatic heterocycles. The minimum atomic E-state index is -1.81. The van der Waals surface area contributed by atoms with Crippen LogP contribution in [0.5, 0.6) is 0 Å². The van der Waals surface area contributed by atoms with Gasteiger partial charge in [-0.15, -0.1) is 0 Å². The highest BCUT2D eigenvalue weighted by molar-refractivity contribution is 6.28. The molecule has 1 aromatic carbocycles. The first kappa shape index (κ1) is 18.7. The molecule has 146 valence electrons. The summed E-state index contributed by atoms with van der Waals surface area (Å²) in [7, 11) is 0. The summed E-state index contributed by atoms with van der Waals surface area (Å²) in [6, 6.07) is 8.47. The summed E-state index contributed by atoms with van der Waals surface area (Å²) in [5, 5.41) is 21.5. The lowest BCUT2D eigenvalue weighted by Crippen LogP contribution is -2.30. The number of halogens is 2. The lowest BCUT2D eigenvalue weighted by molar-refractivity contribution is -0.0459. The van der Waals surface area contributed by atoms with E-state index in [4.69, 9.17) is 16.3 Å². The van der Waals surface area contributed by atoms with Crippen molar-refractivity contribution in [3.05, 3.63) is 47.5 Å². The molecule has 0 radical (unpaired) electrons. The highest BCUT2D eigenvalue weighted by Crippen LogP contribution is 2.34. The molecular formula is C17H15ClFN5O4. The van der Waals surface area contributed by atoms with Gasteiger partial charge in [0.25, 0.3) is 5.91 Å². The van der Waals surface area contributed by atoms with Crippen molar-refractivity contribution in [2.24, 2.45) is 0 Å². The average Bonchev–Trinajstić information content (AvgIpc) is 3.23. The van der Waals surface area contributed by atoms with Crippen LogP contribution < -0.4 is 5.32 Å². The van der Waals surface area contributed by atoms with Crippen molar-refractivity contribution in [2.45, 2.75) is 24.6 Å². The SMILES string of the molecule is O=C(Nc1nc(Cl)nc2c1ncn2[C@@H]1O[C@H](CO)[C@@H](O)[C@@H]1F)c1ccccc1. The smallest absolute Gasteiger partial charge is 0.256 e. The van der Waals surface area contributed by atoms with E-state index < -0.39 is 37.1 Å². The van der Waals surface area contributed by atoms with Crippen LogP contribution in [0.25, 0.3) is 11.2 Å². The van der Waals surface area contributed by atoms with E-state index in [1.54, 1.807) is 30.3 Å². The van der Waals surface area contributed by atoms with Crippen LogP contribution in [0, 0.1) is 0 Å². The molecule has 3 N–H and O–H groups in total. The minimum Gasteiger partial charge on any atom is -0.394 e. The topological polar surface area (TPSA) is 122 Å². The van der Waals surface area contributed by atoms with Gasteiger partial charge >= 0.3 is 0 Å². The number of nitrogens with zero attached hydrogens (tertiary/aromatic N) is 4. The summed E-state index contributed by atoms with van der Waals surface area (Å²) in [6.07, 6.45) is -4.40. The number of nitrogens with one attached hydrogen (secondary N) is 1. The first-order valence-electron chi connectivity index (χ1n) is 8.34. The summed E-state index contributed by atoms with van der Waals surface area (Å²) in [6.45, 7) is -0.543. The van der Waals surface area contributed by atoms with Crippen LogP contribution in [-0.2, 0) is 4.74 Å². The van der Waals surface area contributed by atoms with Gasteiger partial charge in [0.15, 0.2) is 29.4 Å². The maximum absolute atomic E-state index is 14.5. The molecule has 3 heterocycles. The number of anilines is 1. The third-order valence-electron chi connectivity index (χ3n) is 4.41. The molecular weight excluding hydrogens is 393 g/mol. The summed E-state index contributed by atoms with van der Waals surface area (Å²) in [4.78, 5) is 24.6. The molecule has 11 heteroatoms. The Balaban J connectivity index is 1.70. The molecule has 3 aromatic rings. The molecule has 0 bridgehead atoms. The van der Waals surface area contributed by atoms with E-state index in [0.29, 0.717) is 5.56 Å². The van der Waals surface area contributed by atoms with E-state index in [1.807, 2.05) is 0 Å². The van der Waals surface area contributed by atoms with Crippen LogP contribution >= 0.6 is 11.6 Å². The minimum absolute atomic E-state index is 0.0512. The Morgan fingerprint density at radius 2 is 2.07 bits per heavy atom. The molecule has 28 heavy (non-hydrogen) atoms. The van der Waals surface area contributed by atoms with Gasteiger partial charge in [0.1, 0.15) is 12.2 Å². The Kier molecular flexibility index (Phi) is 4.94. The van der Waals surface area contributed by atoms with Crippen LogP contribution in [0.4, 0.5) is 10.2 Å². The summed E-state index contributed by atoms with van der Waals surface area (Å²) >= 11 is 5.97. The van der Waals surface area contributed by atoms with E-state index in [2.05, 4.69) is 20.3 Å². The summed E-state index contributed by atoms with van der Waals surface area (Å²) < 4.78 is 21.1. The van der Waals surface area contributed by atoms with Crippen molar-refractivity contribution in [1.29, 1.82) is 0 Å². The van der Waals surface area contributed by atoms with Gasteiger partial charge < -0.3 is 20.3 Å². The van der Waals surface area contributed by atoms with Gasteiger partial charge in [-0.05, 0) is 23.7 Å². The highest BCUT2D eigenvalue weighted by atomic mass is 35.5. The van der Waals surface area contributed by atoms with Crippen LogP contribution in [0.2, 0.25) is 5.28 Å². The largest absolute Gasteiger partial charge is 0.394 e. The van der Waals surface area contributed by atoms with Crippen molar-refractivity contribution in [1.82, 2.24) is 19.5 Å².